The molecule has 1 aliphatic rings. The predicted molar refractivity (Wildman–Crippen MR) is 114 cm³/mol. The van der Waals surface area contributed by atoms with Gasteiger partial charge in [0.1, 0.15) is 11.5 Å². The van der Waals surface area contributed by atoms with Crippen LogP contribution in [0, 0.1) is 5.95 Å². The third-order valence-corrected chi connectivity index (χ3v) is 5.93. The molecule has 1 aliphatic heterocycles. The van der Waals surface area contributed by atoms with Crippen molar-refractivity contribution in [2.45, 2.75) is 32.2 Å². The average molecular weight is 430 g/mol. The molecule has 0 saturated carbocycles. The van der Waals surface area contributed by atoms with Crippen LogP contribution < -0.4 is 10.6 Å². The summed E-state index contributed by atoms with van der Waals surface area (Å²) in [4.78, 5) is 26.2. The van der Waals surface area contributed by atoms with Crippen molar-refractivity contribution in [3.8, 4) is 11.5 Å². The minimum Gasteiger partial charge on any atom is -0.343 e. The Morgan fingerprint density at radius 1 is 1.37 bits per heavy atom. The summed E-state index contributed by atoms with van der Waals surface area (Å²) in [5, 5.41) is 5.41. The number of piperidine rings is 1. The van der Waals surface area contributed by atoms with Gasteiger partial charge >= 0.3 is 6.03 Å². The van der Waals surface area contributed by atoms with E-state index >= 15 is 0 Å². The second-order valence-corrected chi connectivity index (χ2v) is 8.12. The van der Waals surface area contributed by atoms with E-state index < -0.39 is 5.95 Å². The monoisotopic (exact) mass is 429 g/mol. The molecule has 0 aromatic carbocycles. The molecule has 3 N–H and O–H groups in total. The van der Waals surface area contributed by atoms with Crippen LogP contribution in [0.15, 0.2) is 30.6 Å². The molecule has 4 heterocycles. The van der Waals surface area contributed by atoms with Crippen molar-refractivity contribution in [1.82, 2.24) is 29.5 Å². The fourth-order valence-electron chi connectivity index (χ4n) is 3.68. The van der Waals surface area contributed by atoms with Crippen LogP contribution in [0.4, 0.5) is 15.0 Å². The van der Waals surface area contributed by atoms with Crippen molar-refractivity contribution in [3.63, 3.8) is 0 Å². The summed E-state index contributed by atoms with van der Waals surface area (Å²) in [6, 6.07) is 5.32. The highest BCUT2D eigenvalue weighted by atomic mass is 32.1. The minimum atomic E-state index is -0.411. The number of halogens is 1. The molecule has 2 amide bonds. The molecular formula is C20H24FN7OS. The number of nitrogens with zero attached hydrogens (tertiary/aromatic N) is 4. The largest absolute Gasteiger partial charge is 0.343 e. The van der Waals surface area contributed by atoms with Gasteiger partial charge < -0.3 is 10.3 Å². The fraction of sp³-hybridized carbons (Fsp3) is 0.400. The van der Waals surface area contributed by atoms with Gasteiger partial charge in [-0.3, -0.25) is 10.2 Å². The third-order valence-electron chi connectivity index (χ3n) is 5.16. The number of imidazole rings is 1. The molecule has 158 valence electrons. The Hall–Kier alpha value is -2.85. The highest BCUT2D eigenvalue weighted by molar-refractivity contribution is 7.06. The zero-order valence-corrected chi connectivity index (χ0v) is 17.5. The number of hydrogen-bond donors (Lipinski definition) is 3. The van der Waals surface area contributed by atoms with Gasteiger partial charge in [-0.15, -0.1) is 0 Å². The molecule has 4 rings (SSSR count). The van der Waals surface area contributed by atoms with Crippen molar-refractivity contribution in [1.29, 1.82) is 0 Å². The number of carbonyl (C=O) groups is 1. The van der Waals surface area contributed by atoms with Gasteiger partial charge in [-0.25, -0.2) is 14.8 Å². The van der Waals surface area contributed by atoms with Gasteiger partial charge in [-0.1, -0.05) is 6.07 Å². The number of H-pyrrole nitrogens is 1. The zero-order valence-electron chi connectivity index (χ0n) is 16.7. The number of pyridine rings is 1. The van der Waals surface area contributed by atoms with E-state index in [1.165, 1.54) is 11.5 Å². The quantitative estimate of drug-likeness (QED) is 0.520. The summed E-state index contributed by atoms with van der Waals surface area (Å²) in [5.74, 6) is 0.892. The summed E-state index contributed by atoms with van der Waals surface area (Å²) in [7, 11) is 0. The predicted octanol–water partition coefficient (Wildman–Crippen LogP) is 3.59. The second-order valence-electron chi connectivity index (χ2n) is 7.23. The first kappa shape index (κ1) is 20.4. The van der Waals surface area contributed by atoms with E-state index in [2.05, 4.69) is 34.9 Å². The number of rotatable bonds is 6. The Morgan fingerprint density at radius 2 is 2.20 bits per heavy atom. The maximum absolute atomic E-state index is 14.6. The molecule has 8 nitrogen and oxygen atoms in total. The van der Waals surface area contributed by atoms with E-state index in [9.17, 15) is 9.18 Å². The Labute approximate surface area is 178 Å². The van der Waals surface area contributed by atoms with Gasteiger partial charge in [-0.2, -0.15) is 8.76 Å². The summed E-state index contributed by atoms with van der Waals surface area (Å²) in [6.07, 6.45) is 5.07. The van der Waals surface area contributed by atoms with Gasteiger partial charge in [0.2, 0.25) is 5.95 Å². The van der Waals surface area contributed by atoms with Crippen LogP contribution in [0.5, 0.6) is 0 Å². The normalized spacial score (nSPS) is 15.3. The van der Waals surface area contributed by atoms with Crippen LogP contribution in [-0.2, 0) is 6.54 Å². The number of urea groups is 1. The van der Waals surface area contributed by atoms with Gasteiger partial charge in [0, 0.05) is 35.9 Å². The minimum absolute atomic E-state index is 0.163. The van der Waals surface area contributed by atoms with Crippen LogP contribution in [0.25, 0.3) is 11.5 Å². The lowest BCUT2D eigenvalue weighted by atomic mass is 9.90. The smallest absolute Gasteiger partial charge is 0.320 e. The third kappa shape index (κ3) is 4.82. The van der Waals surface area contributed by atoms with Gasteiger partial charge in [-0.05, 0) is 62.4 Å². The van der Waals surface area contributed by atoms with Crippen LogP contribution in [0.3, 0.4) is 0 Å². The number of aromatic amines is 1. The second kappa shape index (κ2) is 9.31. The molecule has 10 heteroatoms. The molecule has 1 fully saturated rings. The molecule has 0 unspecified atom stereocenters. The van der Waals surface area contributed by atoms with E-state index in [0.29, 0.717) is 29.4 Å². The Balaban J connectivity index is 1.31. The van der Waals surface area contributed by atoms with E-state index in [0.717, 1.165) is 37.4 Å². The van der Waals surface area contributed by atoms with E-state index in [1.807, 2.05) is 25.1 Å². The number of hydrogen-bond acceptors (Lipinski definition) is 6. The number of anilines is 1. The molecule has 0 bridgehead atoms. The number of nitrogens with one attached hydrogen (secondary N) is 3. The Morgan fingerprint density at radius 3 is 2.90 bits per heavy atom. The van der Waals surface area contributed by atoms with Crippen molar-refractivity contribution in [2.75, 3.05) is 25.0 Å². The van der Waals surface area contributed by atoms with Gasteiger partial charge in [0.05, 0.1) is 0 Å². The summed E-state index contributed by atoms with van der Waals surface area (Å²) >= 11 is 1.39. The number of likely N-dealkylation sites (tertiary alicyclic amines) is 1. The van der Waals surface area contributed by atoms with Crippen LogP contribution in [0.1, 0.15) is 36.1 Å². The summed E-state index contributed by atoms with van der Waals surface area (Å²) in [5.41, 5.74) is 1.19. The Bertz CT molecular complexity index is 983. The van der Waals surface area contributed by atoms with E-state index in [-0.39, 0.29) is 11.9 Å². The van der Waals surface area contributed by atoms with Crippen molar-refractivity contribution >= 4 is 23.4 Å². The van der Waals surface area contributed by atoms with Crippen LogP contribution in [0.2, 0.25) is 0 Å². The average Bonchev–Trinajstić information content (AvgIpc) is 3.41. The van der Waals surface area contributed by atoms with Crippen molar-refractivity contribution < 1.29 is 9.18 Å². The maximum Gasteiger partial charge on any atom is 0.320 e. The van der Waals surface area contributed by atoms with Crippen molar-refractivity contribution in [2.24, 2.45) is 0 Å². The number of aromatic nitrogens is 4. The SMILES string of the molecule is CCNC(=O)Nc1cc(CN2CCC(c3ccc(-c4ncc[nH]4)nc3F)CC2)sn1. The first-order valence-corrected chi connectivity index (χ1v) is 10.8. The highest BCUT2D eigenvalue weighted by Crippen LogP contribution is 2.31. The van der Waals surface area contributed by atoms with Crippen LogP contribution in [-0.4, -0.2) is 49.9 Å². The summed E-state index contributed by atoms with van der Waals surface area (Å²) in [6.45, 7) is 4.96. The molecule has 0 radical (unpaired) electrons. The lowest BCUT2D eigenvalue weighted by Crippen LogP contribution is -2.32. The van der Waals surface area contributed by atoms with E-state index in [4.69, 9.17) is 0 Å². The molecular weight excluding hydrogens is 405 g/mol. The van der Waals surface area contributed by atoms with Gasteiger partial charge in [0.15, 0.2) is 5.82 Å². The number of carbonyl (C=O) groups excluding carboxylic acids is 1. The lowest BCUT2D eigenvalue weighted by molar-refractivity contribution is 0.204. The maximum atomic E-state index is 14.6. The fourth-order valence-corrected chi connectivity index (χ4v) is 4.40. The van der Waals surface area contributed by atoms with Gasteiger partial charge in [0.25, 0.3) is 0 Å². The first-order chi connectivity index (χ1) is 14.6. The molecule has 3 aromatic heterocycles. The van der Waals surface area contributed by atoms with Crippen molar-refractivity contribution in [3.05, 3.63) is 47.0 Å². The molecule has 0 atom stereocenters. The molecule has 30 heavy (non-hydrogen) atoms. The first-order valence-electron chi connectivity index (χ1n) is 10.0. The zero-order chi connectivity index (χ0) is 20.9. The lowest BCUT2D eigenvalue weighted by Gasteiger charge is -2.31. The molecule has 0 spiro atoms. The standard InChI is InChI=1S/C20H24FN7OS/c1-2-22-20(29)26-17-11-14(30-27-17)12-28-9-5-13(6-10-28)15-3-4-16(25-18(15)21)19-23-7-8-24-19/h3-4,7-8,11,13H,2,5-6,9-10,12H2,1H3,(H,23,24)(H2,22,26,27,29). The molecule has 3 aromatic rings. The number of amides is 2. The topological polar surface area (TPSA) is 98.8 Å². The van der Waals surface area contributed by atoms with E-state index in [1.54, 1.807) is 12.4 Å². The van der Waals surface area contributed by atoms with Crippen LogP contribution >= 0.6 is 11.5 Å². The summed E-state index contributed by atoms with van der Waals surface area (Å²) < 4.78 is 18.9. The highest BCUT2D eigenvalue weighted by Gasteiger charge is 2.24. The molecule has 0 aliphatic carbocycles. The molecule has 1 saturated heterocycles. The Kier molecular flexibility index (Phi) is 6.34.